The van der Waals surface area contributed by atoms with Crippen molar-refractivity contribution in [2.24, 2.45) is 0 Å². The van der Waals surface area contributed by atoms with Crippen molar-refractivity contribution in [3.05, 3.63) is 30.3 Å². The third-order valence-electron chi connectivity index (χ3n) is 4.05. The molecule has 0 aliphatic carbocycles. The fourth-order valence-corrected chi connectivity index (χ4v) is 2.60. The second kappa shape index (κ2) is 13.6. The SMILES string of the molecule is CCCCCCCCCCCCNC(=O)C(=O)Nc1ccccc1. The summed E-state index contributed by atoms with van der Waals surface area (Å²) in [6.45, 7) is 2.81. The Bertz CT molecular complexity index is 460. The van der Waals surface area contributed by atoms with E-state index in [-0.39, 0.29) is 0 Å². The van der Waals surface area contributed by atoms with Crippen LogP contribution in [0.15, 0.2) is 30.3 Å². The van der Waals surface area contributed by atoms with Gasteiger partial charge in [-0.2, -0.15) is 0 Å². The molecule has 24 heavy (non-hydrogen) atoms. The van der Waals surface area contributed by atoms with E-state index in [0.717, 1.165) is 12.8 Å². The van der Waals surface area contributed by atoms with Crippen LogP contribution in [0, 0.1) is 0 Å². The lowest BCUT2D eigenvalue weighted by atomic mass is 10.1. The molecule has 134 valence electrons. The zero-order chi connectivity index (χ0) is 17.5. The van der Waals surface area contributed by atoms with Gasteiger partial charge in [-0.05, 0) is 18.6 Å². The second-order valence-corrected chi connectivity index (χ2v) is 6.26. The molecule has 1 aromatic rings. The van der Waals surface area contributed by atoms with Gasteiger partial charge in [-0.3, -0.25) is 9.59 Å². The number of carbonyl (C=O) groups excluding carboxylic acids is 2. The number of anilines is 1. The van der Waals surface area contributed by atoms with Crippen molar-refractivity contribution in [1.82, 2.24) is 5.32 Å². The molecule has 1 aromatic carbocycles. The van der Waals surface area contributed by atoms with E-state index in [1.165, 1.54) is 51.4 Å². The first-order chi connectivity index (χ1) is 11.7. The fourth-order valence-electron chi connectivity index (χ4n) is 2.60. The summed E-state index contributed by atoms with van der Waals surface area (Å²) >= 11 is 0. The first kappa shape index (κ1) is 20.2. The van der Waals surface area contributed by atoms with Crippen LogP contribution in [0.4, 0.5) is 5.69 Å². The molecular weight excluding hydrogens is 300 g/mol. The summed E-state index contributed by atoms with van der Waals surface area (Å²) in [6.07, 6.45) is 12.6. The normalized spacial score (nSPS) is 10.4. The van der Waals surface area contributed by atoms with Crippen molar-refractivity contribution >= 4 is 17.5 Å². The Kier molecular flexibility index (Phi) is 11.4. The Hall–Kier alpha value is -1.84. The zero-order valence-corrected chi connectivity index (χ0v) is 15.0. The van der Waals surface area contributed by atoms with Gasteiger partial charge in [0.05, 0.1) is 0 Å². The van der Waals surface area contributed by atoms with Crippen molar-refractivity contribution in [2.75, 3.05) is 11.9 Å². The molecule has 1 rings (SSSR count). The number of carbonyl (C=O) groups is 2. The quantitative estimate of drug-likeness (QED) is 0.432. The summed E-state index contributed by atoms with van der Waals surface area (Å²) in [6, 6.07) is 9.01. The fraction of sp³-hybridized carbons (Fsp3) is 0.600. The van der Waals surface area contributed by atoms with E-state index >= 15 is 0 Å². The third kappa shape index (κ3) is 10.0. The lowest BCUT2D eigenvalue weighted by Crippen LogP contribution is -2.35. The largest absolute Gasteiger partial charge is 0.348 e. The van der Waals surface area contributed by atoms with Gasteiger partial charge in [0.2, 0.25) is 0 Å². The molecule has 0 atom stereocenters. The summed E-state index contributed by atoms with van der Waals surface area (Å²) in [5, 5.41) is 5.26. The molecule has 0 spiro atoms. The van der Waals surface area contributed by atoms with Crippen LogP contribution in [0.25, 0.3) is 0 Å². The molecule has 4 heteroatoms. The number of hydrogen-bond acceptors (Lipinski definition) is 2. The maximum absolute atomic E-state index is 11.7. The maximum Gasteiger partial charge on any atom is 0.313 e. The van der Waals surface area contributed by atoms with Crippen molar-refractivity contribution < 1.29 is 9.59 Å². The van der Waals surface area contributed by atoms with E-state index in [2.05, 4.69) is 17.6 Å². The number of unbranched alkanes of at least 4 members (excludes halogenated alkanes) is 9. The van der Waals surface area contributed by atoms with E-state index in [1.54, 1.807) is 12.1 Å². The van der Waals surface area contributed by atoms with Crippen molar-refractivity contribution in [3.8, 4) is 0 Å². The first-order valence-electron chi connectivity index (χ1n) is 9.38. The van der Waals surface area contributed by atoms with Crippen LogP contribution >= 0.6 is 0 Å². The average Bonchev–Trinajstić information content (AvgIpc) is 2.60. The molecule has 0 aliphatic rings. The molecule has 4 nitrogen and oxygen atoms in total. The monoisotopic (exact) mass is 332 g/mol. The average molecular weight is 332 g/mol. The molecule has 0 saturated heterocycles. The standard InChI is InChI=1S/C20H32N2O2/c1-2-3-4-5-6-7-8-9-10-14-17-21-19(23)20(24)22-18-15-12-11-13-16-18/h11-13,15-16H,2-10,14,17H2,1H3,(H,21,23)(H,22,24). The highest BCUT2D eigenvalue weighted by Crippen LogP contribution is 2.10. The van der Waals surface area contributed by atoms with Crippen LogP contribution < -0.4 is 10.6 Å². The van der Waals surface area contributed by atoms with Gasteiger partial charge < -0.3 is 10.6 Å². The molecule has 2 amide bonds. The predicted molar refractivity (Wildman–Crippen MR) is 99.9 cm³/mol. The molecular formula is C20H32N2O2. The van der Waals surface area contributed by atoms with Crippen LogP contribution in [-0.4, -0.2) is 18.4 Å². The number of amides is 2. The Morgan fingerprint density at radius 1 is 0.750 bits per heavy atom. The highest BCUT2D eigenvalue weighted by atomic mass is 16.2. The molecule has 0 aliphatic heterocycles. The molecule has 0 unspecified atom stereocenters. The molecule has 2 N–H and O–H groups in total. The zero-order valence-electron chi connectivity index (χ0n) is 15.0. The van der Waals surface area contributed by atoms with Gasteiger partial charge in [-0.15, -0.1) is 0 Å². The van der Waals surface area contributed by atoms with Crippen LogP contribution in [0.1, 0.15) is 71.1 Å². The summed E-state index contributed by atoms with van der Waals surface area (Å²) in [5.41, 5.74) is 0.636. The predicted octanol–water partition coefficient (Wildman–Crippen LogP) is 4.66. The van der Waals surface area contributed by atoms with Gasteiger partial charge in [0.1, 0.15) is 0 Å². The summed E-state index contributed by atoms with van der Waals surface area (Å²) in [5.74, 6) is -1.16. The van der Waals surface area contributed by atoms with Crippen LogP contribution in [0.2, 0.25) is 0 Å². The van der Waals surface area contributed by atoms with Gasteiger partial charge in [-0.1, -0.05) is 82.9 Å². The molecule has 0 heterocycles. The van der Waals surface area contributed by atoms with Gasteiger partial charge in [-0.25, -0.2) is 0 Å². The number of para-hydroxylation sites is 1. The third-order valence-corrected chi connectivity index (χ3v) is 4.05. The van der Waals surface area contributed by atoms with E-state index in [4.69, 9.17) is 0 Å². The second-order valence-electron chi connectivity index (χ2n) is 6.26. The lowest BCUT2D eigenvalue weighted by molar-refractivity contribution is -0.136. The van der Waals surface area contributed by atoms with E-state index in [9.17, 15) is 9.59 Å². The number of rotatable bonds is 12. The number of nitrogens with one attached hydrogen (secondary N) is 2. The summed E-state index contributed by atoms with van der Waals surface area (Å²) in [7, 11) is 0. The Balaban J connectivity index is 1.95. The molecule has 0 fully saturated rings. The van der Waals surface area contributed by atoms with E-state index < -0.39 is 11.8 Å². The highest BCUT2D eigenvalue weighted by Gasteiger charge is 2.12. The number of benzene rings is 1. The Morgan fingerprint density at radius 2 is 1.29 bits per heavy atom. The van der Waals surface area contributed by atoms with E-state index in [1.807, 2.05) is 18.2 Å². The Morgan fingerprint density at radius 3 is 1.88 bits per heavy atom. The molecule has 0 radical (unpaired) electrons. The van der Waals surface area contributed by atoms with Crippen molar-refractivity contribution in [1.29, 1.82) is 0 Å². The minimum Gasteiger partial charge on any atom is -0.348 e. The van der Waals surface area contributed by atoms with Crippen LogP contribution in [0.5, 0.6) is 0 Å². The highest BCUT2D eigenvalue weighted by molar-refractivity contribution is 6.39. The minimum atomic E-state index is -0.603. The Labute approximate surface area is 146 Å². The van der Waals surface area contributed by atoms with Gasteiger partial charge in [0.25, 0.3) is 0 Å². The van der Waals surface area contributed by atoms with E-state index in [0.29, 0.717) is 12.2 Å². The van der Waals surface area contributed by atoms with Crippen LogP contribution in [0.3, 0.4) is 0 Å². The summed E-state index contributed by atoms with van der Waals surface area (Å²) < 4.78 is 0. The topological polar surface area (TPSA) is 58.2 Å². The molecule has 0 aromatic heterocycles. The molecule has 0 saturated carbocycles. The smallest absolute Gasteiger partial charge is 0.313 e. The number of hydrogen-bond donors (Lipinski definition) is 2. The van der Waals surface area contributed by atoms with Gasteiger partial charge >= 0.3 is 11.8 Å². The lowest BCUT2D eigenvalue weighted by Gasteiger charge is -2.06. The van der Waals surface area contributed by atoms with Gasteiger partial charge in [0.15, 0.2) is 0 Å². The molecule has 0 bridgehead atoms. The van der Waals surface area contributed by atoms with Crippen molar-refractivity contribution in [2.45, 2.75) is 71.1 Å². The maximum atomic E-state index is 11.7. The van der Waals surface area contributed by atoms with Crippen LogP contribution in [-0.2, 0) is 9.59 Å². The first-order valence-corrected chi connectivity index (χ1v) is 9.38. The van der Waals surface area contributed by atoms with Crippen molar-refractivity contribution in [3.63, 3.8) is 0 Å². The minimum absolute atomic E-state index is 0.560. The summed E-state index contributed by atoms with van der Waals surface area (Å²) in [4.78, 5) is 23.4. The van der Waals surface area contributed by atoms with Gasteiger partial charge in [0, 0.05) is 12.2 Å².